The van der Waals surface area contributed by atoms with Crippen molar-refractivity contribution < 1.29 is 14.7 Å². The summed E-state index contributed by atoms with van der Waals surface area (Å²) in [5.74, 6) is 0.408. The molecule has 31 heavy (non-hydrogen) atoms. The Morgan fingerprint density at radius 1 is 1.13 bits per heavy atom. The maximum absolute atomic E-state index is 12.5. The highest BCUT2D eigenvalue weighted by atomic mass is 16.3. The number of nitrogens with one attached hydrogen (secondary N) is 3. The van der Waals surface area contributed by atoms with Crippen molar-refractivity contribution in [2.24, 2.45) is 0 Å². The first kappa shape index (κ1) is 21.3. The molecule has 1 aliphatic carbocycles. The summed E-state index contributed by atoms with van der Waals surface area (Å²) < 4.78 is 0. The largest absolute Gasteiger partial charge is 0.390 e. The first-order chi connectivity index (χ1) is 15.0. The van der Waals surface area contributed by atoms with Gasteiger partial charge in [-0.2, -0.15) is 0 Å². The smallest absolute Gasteiger partial charge is 0.251 e. The summed E-state index contributed by atoms with van der Waals surface area (Å²) in [7, 11) is 0. The van der Waals surface area contributed by atoms with E-state index >= 15 is 0 Å². The maximum atomic E-state index is 12.5. The van der Waals surface area contributed by atoms with Crippen molar-refractivity contribution in [2.45, 2.75) is 38.0 Å². The first-order valence-corrected chi connectivity index (χ1v) is 10.7. The molecule has 1 aromatic heterocycles. The predicted molar refractivity (Wildman–Crippen MR) is 118 cm³/mol. The minimum absolute atomic E-state index is 0.0599. The Morgan fingerprint density at radius 2 is 1.84 bits per heavy atom. The molecule has 1 saturated heterocycles. The Morgan fingerprint density at radius 3 is 2.52 bits per heavy atom. The topological polar surface area (TPSA) is 107 Å². The van der Waals surface area contributed by atoms with Gasteiger partial charge in [0, 0.05) is 50.9 Å². The molecule has 0 saturated carbocycles. The number of fused-ring (bicyclic) bond motifs is 1. The van der Waals surface area contributed by atoms with E-state index in [2.05, 4.69) is 45.2 Å². The number of aliphatic hydroxyl groups excluding tert-OH is 1. The second-order valence-electron chi connectivity index (χ2n) is 8.34. The molecular weight excluding hydrogens is 394 g/mol. The van der Waals surface area contributed by atoms with E-state index in [-0.39, 0.29) is 24.4 Å². The van der Waals surface area contributed by atoms with E-state index in [0.29, 0.717) is 37.1 Å². The van der Waals surface area contributed by atoms with Crippen LogP contribution in [0.3, 0.4) is 0 Å². The fourth-order valence-electron chi connectivity index (χ4n) is 4.08. The fraction of sp³-hybridized carbons (Fsp3) is 0.435. The first-order valence-electron chi connectivity index (χ1n) is 10.7. The third-order valence-corrected chi connectivity index (χ3v) is 5.89. The molecule has 2 aliphatic rings. The van der Waals surface area contributed by atoms with Crippen molar-refractivity contribution in [2.75, 3.05) is 31.5 Å². The molecule has 164 valence electrons. The minimum Gasteiger partial charge on any atom is -0.390 e. The van der Waals surface area contributed by atoms with Crippen molar-refractivity contribution in [1.29, 1.82) is 0 Å². The zero-order valence-corrected chi connectivity index (χ0v) is 17.7. The average Bonchev–Trinajstić information content (AvgIpc) is 3.15. The summed E-state index contributed by atoms with van der Waals surface area (Å²) >= 11 is 0. The van der Waals surface area contributed by atoms with Gasteiger partial charge < -0.3 is 26.0 Å². The molecule has 2 amide bonds. The zero-order valence-electron chi connectivity index (χ0n) is 17.7. The number of pyridine rings is 1. The van der Waals surface area contributed by atoms with Gasteiger partial charge in [0.1, 0.15) is 5.82 Å². The Balaban J connectivity index is 1.19. The van der Waals surface area contributed by atoms with Crippen LogP contribution >= 0.6 is 0 Å². The summed E-state index contributed by atoms with van der Waals surface area (Å²) in [5.41, 5.74) is 3.20. The third-order valence-electron chi connectivity index (χ3n) is 5.89. The molecule has 0 bridgehead atoms. The van der Waals surface area contributed by atoms with Gasteiger partial charge in [-0.1, -0.05) is 24.3 Å². The highest BCUT2D eigenvalue weighted by molar-refractivity contribution is 5.94. The Hall–Kier alpha value is -2.97. The highest BCUT2D eigenvalue weighted by Crippen LogP contribution is 2.21. The normalized spacial score (nSPS) is 17.0. The Kier molecular flexibility index (Phi) is 6.48. The number of nitrogens with zero attached hydrogens (tertiary/aromatic N) is 2. The van der Waals surface area contributed by atoms with Crippen molar-refractivity contribution in [1.82, 2.24) is 20.5 Å². The average molecular weight is 424 g/mol. The molecule has 1 unspecified atom stereocenters. The van der Waals surface area contributed by atoms with Gasteiger partial charge in [-0.15, -0.1) is 0 Å². The molecule has 4 rings (SSSR count). The lowest BCUT2D eigenvalue weighted by Gasteiger charge is -2.39. The zero-order chi connectivity index (χ0) is 21.8. The number of aromatic nitrogens is 1. The second kappa shape index (κ2) is 9.45. The molecule has 2 aromatic rings. The molecule has 8 heteroatoms. The van der Waals surface area contributed by atoms with Gasteiger partial charge in [-0.3, -0.25) is 9.59 Å². The molecule has 1 aromatic carbocycles. The number of carbonyl (C=O) groups is 2. The van der Waals surface area contributed by atoms with E-state index < -0.39 is 6.10 Å². The number of aliphatic hydroxyl groups is 1. The molecule has 0 spiro atoms. The highest BCUT2D eigenvalue weighted by Gasteiger charge is 2.28. The quantitative estimate of drug-likeness (QED) is 0.495. The van der Waals surface area contributed by atoms with E-state index in [0.717, 1.165) is 12.8 Å². The van der Waals surface area contributed by atoms with E-state index in [4.69, 9.17) is 0 Å². The molecule has 2 heterocycles. The van der Waals surface area contributed by atoms with Gasteiger partial charge in [0.2, 0.25) is 5.91 Å². The van der Waals surface area contributed by atoms with Crippen LogP contribution in [0.25, 0.3) is 0 Å². The Labute approximate surface area is 182 Å². The van der Waals surface area contributed by atoms with Crippen LogP contribution in [0.15, 0.2) is 42.6 Å². The van der Waals surface area contributed by atoms with Crippen LogP contribution < -0.4 is 16.0 Å². The molecular formula is C23H29N5O3. The van der Waals surface area contributed by atoms with Crippen LogP contribution in [0.4, 0.5) is 5.82 Å². The van der Waals surface area contributed by atoms with E-state index in [1.54, 1.807) is 30.2 Å². The van der Waals surface area contributed by atoms with Crippen molar-refractivity contribution in [3.05, 3.63) is 59.3 Å². The van der Waals surface area contributed by atoms with E-state index in [1.807, 2.05) is 0 Å². The van der Waals surface area contributed by atoms with E-state index in [1.165, 1.54) is 11.1 Å². The van der Waals surface area contributed by atoms with Gasteiger partial charge in [-0.25, -0.2) is 4.98 Å². The number of anilines is 1. The monoisotopic (exact) mass is 423 g/mol. The molecule has 1 aliphatic heterocycles. The lowest BCUT2D eigenvalue weighted by Crippen LogP contribution is -2.56. The van der Waals surface area contributed by atoms with Crippen LogP contribution in [0.2, 0.25) is 0 Å². The SMILES string of the molecule is CC(=O)N1CC(Nc2cc(C(=O)NCC(O)CNC3Cc4ccccc4C3)ccn2)C1. The number of benzene rings is 1. The summed E-state index contributed by atoms with van der Waals surface area (Å²) in [6.45, 7) is 3.43. The van der Waals surface area contributed by atoms with Gasteiger partial charge in [0.25, 0.3) is 5.91 Å². The summed E-state index contributed by atoms with van der Waals surface area (Å²) in [6.07, 6.45) is 2.84. The number of amides is 2. The number of hydrogen-bond acceptors (Lipinski definition) is 6. The maximum Gasteiger partial charge on any atom is 0.251 e. The lowest BCUT2D eigenvalue weighted by atomic mass is 10.1. The molecule has 4 N–H and O–H groups in total. The number of hydrogen-bond donors (Lipinski definition) is 4. The van der Waals surface area contributed by atoms with Gasteiger partial charge >= 0.3 is 0 Å². The predicted octanol–water partition coefficient (Wildman–Crippen LogP) is 0.572. The van der Waals surface area contributed by atoms with Gasteiger partial charge in [0.05, 0.1) is 12.1 Å². The molecule has 8 nitrogen and oxygen atoms in total. The van der Waals surface area contributed by atoms with Crippen molar-refractivity contribution in [3.63, 3.8) is 0 Å². The van der Waals surface area contributed by atoms with Crippen LogP contribution in [-0.4, -0.2) is 71.2 Å². The fourth-order valence-corrected chi connectivity index (χ4v) is 4.08. The summed E-state index contributed by atoms with van der Waals surface area (Å²) in [6, 6.07) is 12.2. The number of likely N-dealkylation sites (tertiary alicyclic amines) is 1. The standard InChI is InChI=1S/C23H29N5O3/c1-15(29)28-13-20(14-28)27-22-10-18(6-7-24-22)23(31)26-12-21(30)11-25-19-8-16-4-2-3-5-17(16)9-19/h2-7,10,19-21,25,30H,8-9,11-14H2,1H3,(H,24,27)(H,26,31). The number of carbonyl (C=O) groups excluding carboxylic acids is 2. The Bertz CT molecular complexity index is 919. The minimum atomic E-state index is -0.667. The van der Waals surface area contributed by atoms with Crippen LogP contribution in [0.1, 0.15) is 28.4 Å². The van der Waals surface area contributed by atoms with Crippen LogP contribution in [0, 0.1) is 0 Å². The lowest BCUT2D eigenvalue weighted by molar-refractivity contribution is -0.132. The summed E-state index contributed by atoms with van der Waals surface area (Å²) in [5, 5.41) is 19.7. The van der Waals surface area contributed by atoms with Gasteiger partial charge in [-0.05, 0) is 36.1 Å². The van der Waals surface area contributed by atoms with Crippen molar-refractivity contribution in [3.8, 4) is 0 Å². The van der Waals surface area contributed by atoms with Crippen molar-refractivity contribution >= 4 is 17.6 Å². The van der Waals surface area contributed by atoms with Gasteiger partial charge in [0.15, 0.2) is 0 Å². The summed E-state index contributed by atoms with van der Waals surface area (Å²) in [4.78, 5) is 29.7. The van der Waals surface area contributed by atoms with E-state index in [9.17, 15) is 14.7 Å². The third kappa shape index (κ3) is 5.39. The molecule has 1 atom stereocenters. The van der Waals surface area contributed by atoms with Crippen LogP contribution in [0.5, 0.6) is 0 Å². The molecule has 0 radical (unpaired) electrons. The second-order valence-corrected chi connectivity index (χ2v) is 8.34. The molecule has 1 fully saturated rings. The number of rotatable bonds is 8. The van der Waals surface area contributed by atoms with Crippen LogP contribution in [-0.2, 0) is 17.6 Å².